The van der Waals surface area contributed by atoms with Crippen molar-refractivity contribution >= 4 is 22.0 Å². The zero-order chi connectivity index (χ0) is 19.2. The van der Waals surface area contributed by atoms with E-state index in [0.29, 0.717) is 6.54 Å². The van der Waals surface area contributed by atoms with Gasteiger partial charge in [0.25, 0.3) is 0 Å². The predicted octanol–water partition coefficient (Wildman–Crippen LogP) is 3.05. The molecule has 1 amide bonds. The fourth-order valence-corrected chi connectivity index (χ4v) is 3.16. The summed E-state index contributed by atoms with van der Waals surface area (Å²) in [5.74, 6) is -0.0872. The van der Waals surface area contributed by atoms with Crippen molar-refractivity contribution in [3.8, 4) is 0 Å². The van der Waals surface area contributed by atoms with E-state index in [9.17, 15) is 13.2 Å². The first kappa shape index (κ1) is 19.9. The first-order chi connectivity index (χ1) is 12.3. The van der Waals surface area contributed by atoms with Gasteiger partial charge < -0.3 is 4.90 Å². The van der Waals surface area contributed by atoms with E-state index in [1.807, 2.05) is 44.2 Å². The second-order valence-electron chi connectivity index (χ2n) is 6.16. The maximum absolute atomic E-state index is 12.6. The summed E-state index contributed by atoms with van der Waals surface area (Å²) in [6, 6.07) is 16.3. The van der Waals surface area contributed by atoms with Crippen molar-refractivity contribution in [2.24, 2.45) is 0 Å². The van der Waals surface area contributed by atoms with Crippen LogP contribution in [0.25, 0.3) is 6.08 Å². The summed E-state index contributed by atoms with van der Waals surface area (Å²) in [6.07, 6.45) is 3.21. The van der Waals surface area contributed by atoms with E-state index < -0.39 is 10.0 Å². The van der Waals surface area contributed by atoms with Gasteiger partial charge in [0.1, 0.15) is 0 Å². The van der Waals surface area contributed by atoms with Crippen LogP contribution >= 0.6 is 0 Å². The van der Waals surface area contributed by atoms with Gasteiger partial charge in [-0.2, -0.15) is 0 Å². The molecule has 26 heavy (non-hydrogen) atoms. The first-order valence-electron chi connectivity index (χ1n) is 8.39. The van der Waals surface area contributed by atoms with Gasteiger partial charge in [-0.15, -0.1) is 0 Å². The third kappa shape index (κ3) is 5.28. The van der Waals surface area contributed by atoms with E-state index in [4.69, 9.17) is 0 Å². The van der Waals surface area contributed by atoms with Gasteiger partial charge in [0.15, 0.2) is 0 Å². The quantitative estimate of drug-likeness (QED) is 0.760. The molecule has 0 aliphatic rings. The molecule has 2 aromatic carbocycles. The number of nitrogens with zero attached hydrogens (tertiary/aromatic N) is 1. The highest BCUT2D eigenvalue weighted by molar-refractivity contribution is 7.89. The number of nitrogens with one attached hydrogen (secondary N) is 1. The third-order valence-electron chi connectivity index (χ3n) is 3.98. The van der Waals surface area contributed by atoms with Gasteiger partial charge in [-0.05, 0) is 50.2 Å². The number of carbonyl (C=O) groups excluding carboxylic acids is 1. The molecular weight excluding hydrogens is 348 g/mol. The Balaban J connectivity index is 2.11. The second-order valence-corrected chi connectivity index (χ2v) is 8.04. The van der Waals surface area contributed by atoms with Crippen molar-refractivity contribution in [2.75, 3.05) is 7.05 Å². The van der Waals surface area contributed by atoms with Crippen molar-refractivity contribution in [3.05, 3.63) is 71.8 Å². The predicted molar refractivity (Wildman–Crippen MR) is 104 cm³/mol. The molecule has 0 atom stereocenters. The van der Waals surface area contributed by atoms with Gasteiger partial charge >= 0.3 is 0 Å². The molecule has 2 rings (SSSR count). The van der Waals surface area contributed by atoms with E-state index in [0.717, 1.165) is 11.1 Å². The van der Waals surface area contributed by atoms with Crippen molar-refractivity contribution in [3.63, 3.8) is 0 Å². The van der Waals surface area contributed by atoms with Gasteiger partial charge in [0, 0.05) is 18.7 Å². The van der Waals surface area contributed by atoms with Crippen LogP contribution in [0.3, 0.4) is 0 Å². The minimum Gasteiger partial charge on any atom is -0.332 e. The summed E-state index contributed by atoms with van der Waals surface area (Å²) in [4.78, 5) is 14.5. The molecule has 1 N–H and O–H groups in total. The topological polar surface area (TPSA) is 66.5 Å². The minimum atomic E-state index is -3.45. The van der Waals surface area contributed by atoms with Crippen LogP contribution in [0.4, 0.5) is 0 Å². The van der Waals surface area contributed by atoms with E-state index in [1.54, 1.807) is 23.1 Å². The Hall–Kier alpha value is -2.44. The minimum absolute atomic E-state index is 0.0653. The molecule has 5 nitrogen and oxygen atoms in total. The standard InChI is InChI=1S/C20H24N2O3S/c1-16(2)22(15-18-7-5-4-6-8-18)20(23)14-11-17-9-12-19(13-10-17)26(24,25)21-3/h4-14,16,21H,15H2,1-3H3/b14-11+. The average molecular weight is 372 g/mol. The lowest BCUT2D eigenvalue weighted by atomic mass is 10.1. The second kappa shape index (κ2) is 8.78. The van der Waals surface area contributed by atoms with Crippen LogP contribution < -0.4 is 4.72 Å². The maximum Gasteiger partial charge on any atom is 0.247 e. The van der Waals surface area contributed by atoms with E-state index >= 15 is 0 Å². The molecule has 0 saturated heterocycles. The average Bonchev–Trinajstić information content (AvgIpc) is 2.65. The molecule has 0 aliphatic carbocycles. The van der Waals surface area contributed by atoms with Gasteiger partial charge in [-0.25, -0.2) is 13.1 Å². The van der Waals surface area contributed by atoms with Gasteiger partial charge in [0.05, 0.1) is 4.90 Å². The number of hydrogen-bond donors (Lipinski definition) is 1. The maximum atomic E-state index is 12.6. The zero-order valence-electron chi connectivity index (χ0n) is 15.2. The molecule has 0 radical (unpaired) electrons. The summed E-state index contributed by atoms with van der Waals surface area (Å²) >= 11 is 0. The molecule has 0 aliphatic heterocycles. The molecule has 0 bridgehead atoms. The van der Waals surface area contributed by atoms with Crippen molar-refractivity contribution in [1.82, 2.24) is 9.62 Å². The van der Waals surface area contributed by atoms with Gasteiger partial charge in [0.2, 0.25) is 15.9 Å². The van der Waals surface area contributed by atoms with Crippen molar-refractivity contribution in [2.45, 2.75) is 31.3 Å². The number of carbonyl (C=O) groups is 1. The lowest BCUT2D eigenvalue weighted by molar-refractivity contribution is -0.128. The molecule has 138 valence electrons. The van der Waals surface area contributed by atoms with Crippen LogP contribution in [-0.4, -0.2) is 32.3 Å². The summed E-state index contributed by atoms with van der Waals surface area (Å²) in [6.45, 7) is 4.50. The molecule has 0 heterocycles. The van der Waals surface area contributed by atoms with Crippen LogP contribution in [0.1, 0.15) is 25.0 Å². The van der Waals surface area contributed by atoms with Gasteiger partial charge in [-0.3, -0.25) is 4.79 Å². The molecule has 0 fully saturated rings. The Labute approximate surface area is 155 Å². The van der Waals surface area contributed by atoms with Crippen molar-refractivity contribution in [1.29, 1.82) is 0 Å². The largest absolute Gasteiger partial charge is 0.332 e. The third-order valence-corrected chi connectivity index (χ3v) is 5.41. The zero-order valence-corrected chi connectivity index (χ0v) is 16.0. The van der Waals surface area contributed by atoms with E-state index in [2.05, 4.69) is 4.72 Å². The van der Waals surface area contributed by atoms with E-state index in [-0.39, 0.29) is 16.8 Å². The Morgan fingerprint density at radius 1 is 1.08 bits per heavy atom. The van der Waals surface area contributed by atoms with Gasteiger partial charge in [-0.1, -0.05) is 42.5 Å². The molecule has 0 unspecified atom stereocenters. The normalized spacial score (nSPS) is 11.8. The SMILES string of the molecule is CNS(=O)(=O)c1ccc(/C=C/C(=O)N(Cc2ccccc2)C(C)C)cc1. The summed E-state index contributed by atoms with van der Waals surface area (Å²) in [7, 11) is -2.08. The van der Waals surface area contributed by atoms with E-state index in [1.165, 1.54) is 25.3 Å². The summed E-state index contributed by atoms with van der Waals surface area (Å²) < 4.78 is 25.7. The number of hydrogen-bond acceptors (Lipinski definition) is 3. The van der Waals surface area contributed by atoms with Crippen molar-refractivity contribution < 1.29 is 13.2 Å². The lowest BCUT2D eigenvalue weighted by Crippen LogP contribution is -2.35. The number of benzene rings is 2. The van der Waals surface area contributed by atoms with Crippen LogP contribution in [0.15, 0.2) is 65.6 Å². The first-order valence-corrected chi connectivity index (χ1v) is 9.88. The summed E-state index contributed by atoms with van der Waals surface area (Å²) in [5.41, 5.74) is 1.83. The molecular formula is C20H24N2O3S. The molecule has 6 heteroatoms. The number of amides is 1. The van der Waals surface area contributed by atoms with Crippen LogP contribution in [-0.2, 0) is 21.4 Å². The molecule has 2 aromatic rings. The fourth-order valence-electron chi connectivity index (χ4n) is 2.43. The van der Waals surface area contributed by atoms with Crippen LogP contribution in [0.5, 0.6) is 0 Å². The Morgan fingerprint density at radius 2 is 1.69 bits per heavy atom. The Kier molecular flexibility index (Phi) is 6.71. The number of rotatable bonds is 7. The highest BCUT2D eigenvalue weighted by atomic mass is 32.2. The van der Waals surface area contributed by atoms with Crippen LogP contribution in [0.2, 0.25) is 0 Å². The molecule has 0 aromatic heterocycles. The lowest BCUT2D eigenvalue weighted by Gasteiger charge is -2.25. The smallest absolute Gasteiger partial charge is 0.247 e. The van der Waals surface area contributed by atoms with Crippen LogP contribution in [0, 0.1) is 0 Å². The summed E-state index contributed by atoms with van der Waals surface area (Å²) in [5, 5.41) is 0. The highest BCUT2D eigenvalue weighted by Gasteiger charge is 2.15. The fraction of sp³-hybridized carbons (Fsp3) is 0.250. The Morgan fingerprint density at radius 3 is 2.23 bits per heavy atom. The molecule has 0 saturated carbocycles. The molecule has 0 spiro atoms. The Bertz CT molecular complexity index is 858. The highest BCUT2D eigenvalue weighted by Crippen LogP contribution is 2.13. The number of sulfonamides is 1. The monoisotopic (exact) mass is 372 g/mol.